The van der Waals surface area contributed by atoms with Crippen molar-refractivity contribution in [1.29, 1.82) is 0 Å². The lowest BCUT2D eigenvalue weighted by molar-refractivity contribution is -0.141. The van der Waals surface area contributed by atoms with E-state index in [4.69, 9.17) is 25.5 Å². The van der Waals surface area contributed by atoms with E-state index in [2.05, 4.69) is 0 Å². The Hall–Kier alpha value is -2.65. The van der Waals surface area contributed by atoms with Crippen molar-refractivity contribution in [3.8, 4) is 0 Å². The molecule has 0 aromatic carbocycles. The average molecular weight is 441 g/mol. The third-order valence-corrected chi connectivity index (χ3v) is 2.47. The van der Waals surface area contributed by atoms with Crippen molar-refractivity contribution < 1.29 is 49.5 Å². The first-order valence-corrected chi connectivity index (χ1v) is 9.36. The van der Waals surface area contributed by atoms with Crippen LogP contribution in [0.1, 0.15) is 69.2 Å². The van der Waals surface area contributed by atoms with Gasteiger partial charge in [0.25, 0.3) is 0 Å². The Bertz CT molecular complexity index is 387. The van der Waals surface area contributed by atoms with Gasteiger partial charge in [0, 0.05) is 0 Å². The van der Waals surface area contributed by atoms with Gasteiger partial charge >= 0.3 is 29.8 Å². The van der Waals surface area contributed by atoms with E-state index >= 15 is 0 Å². The van der Waals surface area contributed by atoms with Crippen LogP contribution in [0.2, 0.25) is 0 Å². The fourth-order valence-corrected chi connectivity index (χ4v) is 0. The molecule has 10 nitrogen and oxygen atoms in total. The first-order chi connectivity index (χ1) is 13.2. The molecule has 0 amide bonds. The summed E-state index contributed by atoms with van der Waals surface area (Å²) in [5.74, 6) is -4.86. The van der Waals surface area contributed by atoms with Crippen LogP contribution in [0.15, 0.2) is 0 Å². The molecule has 5 N–H and O–H groups in total. The van der Waals surface area contributed by atoms with Crippen molar-refractivity contribution in [1.82, 2.24) is 0 Å². The number of carbonyl (C=O) groups is 5. The van der Waals surface area contributed by atoms with Crippen molar-refractivity contribution in [2.24, 2.45) is 29.6 Å². The zero-order chi connectivity index (χ0) is 25.8. The van der Waals surface area contributed by atoms with Crippen LogP contribution in [-0.2, 0) is 24.0 Å². The van der Waals surface area contributed by atoms with Crippen LogP contribution < -0.4 is 0 Å². The highest BCUT2D eigenvalue weighted by atomic mass is 16.4. The minimum absolute atomic E-state index is 0.231. The lowest BCUT2D eigenvalue weighted by Gasteiger charge is -1.89. The van der Waals surface area contributed by atoms with Gasteiger partial charge in [0.2, 0.25) is 0 Å². The summed E-state index contributed by atoms with van der Waals surface area (Å²) in [6.07, 6.45) is 0. The standard InChI is InChI=1S/5C4H8O2/c5*1-3(2)4(5)6/h5*3H,1-2H3,(H,5,6). The second kappa shape index (κ2) is 22.6. The van der Waals surface area contributed by atoms with Crippen LogP contribution in [-0.4, -0.2) is 55.4 Å². The van der Waals surface area contributed by atoms with Crippen LogP contribution in [0.4, 0.5) is 0 Å². The summed E-state index contributed by atoms with van der Waals surface area (Å²) in [6.45, 7) is 16.4. The van der Waals surface area contributed by atoms with E-state index in [1.807, 2.05) is 0 Å². The molecule has 0 heterocycles. The SMILES string of the molecule is CC(C)C(=O)O.CC(C)C(=O)O.CC(C)C(=O)O.CC(C)C(=O)O.CC(C)C(=O)O. The lowest BCUT2D eigenvalue weighted by Crippen LogP contribution is -2.03. The number of aliphatic carboxylic acids is 5. The highest BCUT2D eigenvalue weighted by molar-refractivity contribution is 5.70. The topological polar surface area (TPSA) is 186 Å². The second-order valence-corrected chi connectivity index (χ2v) is 7.46. The van der Waals surface area contributed by atoms with Crippen LogP contribution in [0.5, 0.6) is 0 Å². The normalized spacial score (nSPS) is 9.17. The molecule has 30 heavy (non-hydrogen) atoms. The van der Waals surface area contributed by atoms with E-state index in [1.165, 1.54) is 0 Å². The maximum atomic E-state index is 9.70. The fraction of sp³-hybridized carbons (Fsp3) is 0.750. The molecule has 0 radical (unpaired) electrons. The number of hydrogen-bond acceptors (Lipinski definition) is 5. The number of carboxylic acid groups (broad SMARTS) is 5. The van der Waals surface area contributed by atoms with Crippen molar-refractivity contribution in [2.45, 2.75) is 69.2 Å². The molecule has 10 heteroatoms. The molecule has 0 rings (SSSR count). The van der Waals surface area contributed by atoms with Gasteiger partial charge in [0.05, 0.1) is 29.6 Å². The van der Waals surface area contributed by atoms with Crippen molar-refractivity contribution in [2.75, 3.05) is 0 Å². The first kappa shape index (κ1) is 38.0. The molecule has 0 aromatic heterocycles. The fourth-order valence-electron chi connectivity index (χ4n) is 0. The van der Waals surface area contributed by atoms with Crippen LogP contribution in [0.25, 0.3) is 0 Å². The second-order valence-electron chi connectivity index (χ2n) is 7.46. The molecule has 180 valence electrons. The first-order valence-electron chi connectivity index (χ1n) is 9.36. The molecule has 0 aliphatic carbocycles. The molecule has 0 aliphatic rings. The van der Waals surface area contributed by atoms with E-state index in [9.17, 15) is 24.0 Å². The molecule has 0 bridgehead atoms. The van der Waals surface area contributed by atoms with E-state index in [1.54, 1.807) is 69.2 Å². The summed E-state index contributed by atoms with van der Waals surface area (Å²) in [7, 11) is 0. The zero-order valence-corrected chi connectivity index (χ0v) is 19.7. The third kappa shape index (κ3) is 49.9. The average Bonchev–Trinajstić information content (AvgIpc) is 2.56. The summed E-state index contributed by atoms with van der Waals surface area (Å²) in [4.78, 5) is 48.5. The van der Waals surface area contributed by atoms with E-state index < -0.39 is 29.8 Å². The van der Waals surface area contributed by atoms with Crippen molar-refractivity contribution in [3.63, 3.8) is 0 Å². The van der Waals surface area contributed by atoms with Crippen LogP contribution >= 0.6 is 0 Å². The van der Waals surface area contributed by atoms with Crippen molar-refractivity contribution in [3.05, 3.63) is 0 Å². The highest BCUT2D eigenvalue weighted by Crippen LogP contribution is 1.89. The van der Waals surface area contributed by atoms with Gasteiger partial charge in [-0.3, -0.25) is 24.0 Å². The van der Waals surface area contributed by atoms with Gasteiger partial charge in [-0.2, -0.15) is 0 Å². The van der Waals surface area contributed by atoms with Crippen LogP contribution in [0.3, 0.4) is 0 Å². The Morgan fingerprint density at radius 3 is 0.367 bits per heavy atom. The minimum Gasteiger partial charge on any atom is -0.481 e. The van der Waals surface area contributed by atoms with E-state index in [0.29, 0.717) is 0 Å². The molecule has 0 atom stereocenters. The predicted molar refractivity (Wildman–Crippen MR) is 112 cm³/mol. The molecule has 0 unspecified atom stereocenters. The summed E-state index contributed by atoms with van der Waals surface area (Å²) < 4.78 is 0. The van der Waals surface area contributed by atoms with Gasteiger partial charge in [-0.1, -0.05) is 69.2 Å². The van der Waals surface area contributed by atoms with Gasteiger partial charge < -0.3 is 25.5 Å². The Kier molecular flexibility index (Phi) is 28.7. The van der Waals surface area contributed by atoms with E-state index in [-0.39, 0.29) is 29.6 Å². The Morgan fingerprint density at radius 2 is 0.367 bits per heavy atom. The van der Waals surface area contributed by atoms with Gasteiger partial charge in [0.15, 0.2) is 0 Å². The predicted octanol–water partition coefficient (Wildman–Crippen LogP) is 3.64. The van der Waals surface area contributed by atoms with Crippen LogP contribution in [0, 0.1) is 29.6 Å². The summed E-state index contributed by atoms with van der Waals surface area (Å²) in [6, 6.07) is 0. The molecule has 0 aromatic rings. The summed E-state index contributed by atoms with van der Waals surface area (Å²) >= 11 is 0. The minimum atomic E-state index is -0.741. The largest absolute Gasteiger partial charge is 0.481 e. The molecular formula is C20H40O10. The quantitative estimate of drug-likeness (QED) is 0.422. The van der Waals surface area contributed by atoms with E-state index in [0.717, 1.165) is 0 Å². The maximum absolute atomic E-state index is 9.70. The van der Waals surface area contributed by atoms with Gasteiger partial charge in [-0.25, -0.2) is 0 Å². The number of rotatable bonds is 5. The Balaban J connectivity index is -0.0000000868. The summed E-state index contributed by atoms with van der Waals surface area (Å²) in [5.41, 5.74) is 0. The maximum Gasteiger partial charge on any atom is 0.305 e. The molecule has 0 fully saturated rings. The molecule has 0 aliphatic heterocycles. The molecular weight excluding hydrogens is 400 g/mol. The van der Waals surface area contributed by atoms with Gasteiger partial charge in [-0.15, -0.1) is 0 Å². The zero-order valence-electron chi connectivity index (χ0n) is 19.7. The Morgan fingerprint density at radius 1 is 0.333 bits per heavy atom. The number of hydrogen-bond donors (Lipinski definition) is 5. The third-order valence-electron chi connectivity index (χ3n) is 2.47. The molecule has 0 spiro atoms. The lowest BCUT2D eigenvalue weighted by atomic mass is 10.2. The Labute approximate surface area is 178 Å². The monoisotopic (exact) mass is 440 g/mol. The smallest absolute Gasteiger partial charge is 0.305 e. The molecule has 0 saturated carbocycles. The number of carboxylic acids is 5. The summed E-state index contributed by atoms with van der Waals surface area (Å²) in [5, 5.41) is 40.0. The highest BCUT2D eigenvalue weighted by Gasteiger charge is 2.01. The van der Waals surface area contributed by atoms with Gasteiger partial charge in [-0.05, 0) is 0 Å². The van der Waals surface area contributed by atoms with Gasteiger partial charge in [0.1, 0.15) is 0 Å². The van der Waals surface area contributed by atoms with Crippen molar-refractivity contribution >= 4 is 29.8 Å². The molecule has 0 saturated heterocycles.